The lowest BCUT2D eigenvalue weighted by atomic mass is 10.2. The molecule has 1 aromatic carbocycles. The minimum Gasteiger partial charge on any atom is -0.478 e. The van der Waals surface area contributed by atoms with Gasteiger partial charge in [0.1, 0.15) is 22.9 Å². The number of benzene rings is 1. The second-order valence-electron chi connectivity index (χ2n) is 4.34. The number of aromatic carboxylic acids is 1. The molecular weight excluding hydrogens is 285 g/mol. The predicted octanol–water partition coefficient (Wildman–Crippen LogP) is 3.37. The normalized spacial score (nSPS) is 10.8. The van der Waals surface area contributed by atoms with Gasteiger partial charge in [-0.25, -0.2) is 9.18 Å². The van der Waals surface area contributed by atoms with E-state index in [9.17, 15) is 9.18 Å². The maximum Gasteiger partial charge on any atom is 0.339 e. The Bertz CT molecular complexity index is 639. The first-order valence-electron chi connectivity index (χ1n) is 5.94. The van der Waals surface area contributed by atoms with Gasteiger partial charge in [-0.1, -0.05) is 17.7 Å². The van der Waals surface area contributed by atoms with Crippen LogP contribution in [0.15, 0.2) is 28.7 Å². The summed E-state index contributed by atoms with van der Waals surface area (Å²) in [7, 11) is 0. The van der Waals surface area contributed by atoms with Crippen LogP contribution < -0.4 is 5.32 Å². The number of halogens is 2. The summed E-state index contributed by atoms with van der Waals surface area (Å²) < 4.78 is 18.3. The summed E-state index contributed by atoms with van der Waals surface area (Å²) in [5.74, 6) is -0.557. The molecule has 0 aliphatic carbocycles. The first kappa shape index (κ1) is 14.6. The highest BCUT2D eigenvalue weighted by atomic mass is 35.5. The SMILES string of the molecule is Cc1oc(CNCc2ccc(F)c(Cl)c2)cc1C(=O)O. The van der Waals surface area contributed by atoms with Crippen molar-refractivity contribution < 1.29 is 18.7 Å². The highest BCUT2D eigenvalue weighted by Gasteiger charge is 2.13. The molecule has 0 saturated carbocycles. The van der Waals surface area contributed by atoms with Crippen LogP contribution in [0.4, 0.5) is 4.39 Å². The van der Waals surface area contributed by atoms with Crippen LogP contribution in [0.25, 0.3) is 0 Å². The van der Waals surface area contributed by atoms with Gasteiger partial charge >= 0.3 is 5.97 Å². The van der Waals surface area contributed by atoms with Crippen LogP contribution >= 0.6 is 11.6 Å². The average molecular weight is 298 g/mol. The quantitative estimate of drug-likeness (QED) is 0.888. The molecule has 0 saturated heterocycles. The van der Waals surface area contributed by atoms with Crippen molar-refractivity contribution in [3.05, 3.63) is 57.8 Å². The predicted molar refractivity (Wildman–Crippen MR) is 72.4 cm³/mol. The van der Waals surface area contributed by atoms with Crippen molar-refractivity contribution in [3.63, 3.8) is 0 Å². The molecule has 0 spiro atoms. The first-order valence-corrected chi connectivity index (χ1v) is 6.32. The van der Waals surface area contributed by atoms with E-state index in [1.54, 1.807) is 19.1 Å². The van der Waals surface area contributed by atoms with Gasteiger partial charge < -0.3 is 14.8 Å². The van der Waals surface area contributed by atoms with Gasteiger partial charge in [0.05, 0.1) is 11.6 Å². The van der Waals surface area contributed by atoms with E-state index in [-0.39, 0.29) is 10.6 Å². The maximum absolute atomic E-state index is 13.0. The minimum absolute atomic E-state index is 0.0753. The maximum atomic E-state index is 13.0. The third kappa shape index (κ3) is 3.37. The van der Waals surface area contributed by atoms with Gasteiger partial charge in [-0.3, -0.25) is 0 Å². The topological polar surface area (TPSA) is 62.5 Å². The van der Waals surface area contributed by atoms with Crippen molar-refractivity contribution in [3.8, 4) is 0 Å². The summed E-state index contributed by atoms with van der Waals surface area (Å²) in [6, 6.07) is 5.96. The molecule has 0 fully saturated rings. The molecule has 106 valence electrons. The number of rotatable bonds is 5. The fourth-order valence-corrected chi connectivity index (χ4v) is 2.03. The lowest BCUT2D eigenvalue weighted by Gasteiger charge is -2.04. The number of aryl methyl sites for hydroxylation is 1. The zero-order valence-corrected chi connectivity index (χ0v) is 11.5. The molecule has 0 aliphatic heterocycles. The molecule has 20 heavy (non-hydrogen) atoms. The fourth-order valence-electron chi connectivity index (χ4n) is 1.82. The summed E-state index contributed by atoms with van der Waals surface area (Å²) in [4.78, 5) is 10.9. The third-order valence-corrected chi connectivity index (χ3v) is 3.10. The highest BCUT2D eigenvalue weighted by molar-refractivity contribution is 6.30. The van der Waals surface area contributed by atoms with Crippen LogP contribution in [0.1, 0.15) is 27.4 Å². The Kier molecular flexibility index (Phi) is 4.42. The fraction of sp³-hybridized carbons (Fsp3) is 0.214. The number of carboxylic acid groups (broad SMARTS) is 1. The Morgan fingerprint density at radius 2 is 2.15 bits per heavy atom. The molecule has 1 aromatic heterocycles. The lowest BCUT2D eigenvalue weighted by Crippen LogP contribution is -2.12. The molecule has 0 atom stereocenters. The molecular formula is C14H13ClFNO3. The van der Waals surface area contributed by atoms with E-state index in [0.717, 1.165) is 5.56 Å². The first-order chi connectivity index (χ1) is 9.47. The van der Waals surface area contributed by atoms with Crippen LogP contribution in [0.2, 0.25) is 5.02 Å². The molecule has 0 bridgehead atoms. The smallest absolute Gasteiger partial charge is 0.339 e. The standard InChI is InChI=1S/C14H13ClFNO3/c1-8-11(14(18)19)5-10(20-8)7-17-6-9-2-3-13(16)12(15)4-9/h2-5,17H,6-7H2,1H3,(H,18,19). The van der Waals surface area contributed by atoms with Crippen molar-refractivity contribution in [2.75, 3.05) is 0 Å². The number of carboxylic acids is 1. The molecule has 2 rings (SSSR count). The Morgan fingerprint density at radius 1 is 1.40 bits per heavy atom. The van der Waals surface area contributed by atoms with E-state index in [1.165, 1.54) is 12.1 Å². The van der Waals surface area contributed by atoms with Gasteiger partial charge in [0.15, 0.2) is 0 Å². The van der Waals surface area contributed by atoms with Crippen LogP contribution in [0.5, 0.6) is 0 Å². The molecule has 0 unspecified atom stereocenters. The molecule has 6 heteroatoms. The van der Waals surface area contributed by atoms with Gasteiger partial charge in [-0.05, 0) is 30.7 Å². The number of carbonyl (C=O) groups is 1. The Morgan fingerprint density at radius 3 is 2.75 bits per heavy atom. The van der Waals surface area contributed by atoms with Gasteiger partial charge in [-0.15, -0.1) is 0 Å². The third-order valence-electron chi connectivity index (χ3n) is 2.81. The Hall–Kier alpha value is -1.85. The second-order valence-corrected chi connectivity index (χ2v) is 4.75. The monoisotopic (exact) mass is 297 g/mol. The lowest BCUT2D eigenvalue weighted by molar-refractivity contribution is 0.0695. The zero-order valence-electron chi connectivity index (χ0n) is 10.7. The van der Waals surface area contributed by atoms with E-state index < -0.39 is 11.8 Å². The molecule has 2 aromatic rings. The molecule has 0 radical (unpaired) electrons. The molecule has 0 aliphatic rings. The number of furan rings is 1. The molecule has 2 N–H and O–H groups in total. The summed E-state index contributed by atoms with van der Waals surface area (Å²) >= 11 is 5.68. The second kappa shape index (κ2) is 6.07. The van der Waals surface area contributed by atoms with E-state index in [2.05, 4.69) is 5.32 Å². The van der Waals surface area contributed by atoms with Crippen molar-refractivity contribution in [1.82, 2.24) is 5.32 Å². The number of nitrogens with one attached hydrogen (secondary N) is 1. The number of hydrogen-bond donors (Lipinski definition) is 2. The largest absolute Gasteiger partial charge is 0.478 e. The van der Waals surface area contributed by atoms with Crippen LogP contribution in [-0.4, -0.2) is 11.1 Å². The van der Waals surface area contributed by atoms with Gasteiger partial charge in [0, 0.05) is 6.54 Å². The van der Waals surface area contributed by atoms with E-state index in [1.807, 2.05) is 0 Å². The van der Waals surface area contributed by atoms with Gasteiger partial charge in [-0.2, -0.15) is 0 Å². The van der Waals surface area contributed by atoms with Crippen LogP contribution in [0.3, 0.4) is 0 Å². The van der Waals surface area contributed by atoms with E-state index >= 15 is 0 Å². The summed E-state index contributed by atoms with van der Waals surface area (Å²) in [6.45, 7) is 2.46. The molecule has 1 heterocycles. The van der Waals surface area contributed by atoms with Gasteiger partial charge in [0.2, 0.25) is 0 Å². The summed E-state index contributed by atoms with van der Waals surface area (Å²) in [6.07, 6.45) is 0. The van der Waals surface area contributed by atoms with Crippen molar-refractivity contribution in [2.24, 2.45) is 0 Å². The zero-order chi connectivity index (χ0) is 14.7. The van der Waals surface area contributed by atoms with Crippen LogP contribution in [0, 0.1) is 12.7 Å². The van der Waals surface area contributed by atoms with E-state index in [0.29, 0.717) is 24.6 Å². The Labute approximate surface area is 120 Å². The average Bonchev–Trinajstić information content (AvgIpc) is 2.75. The summed E-state index contributed by atoms with van der Waals surface area (Å²) in [5.41, 5.74) is 0.991. The molecule has 0 amide bonds. The number of hydrogen-bond acceptors (Lipinski definition) is 3. The van der Waals surface area contributed by atoms with Crippen molar-refractivity contribution in [2.45, 2.75) is 20.0 Å². The summed E-state index contributed by atoms with van der Waals surface area (Å²) in [5, 5.41) is 12.1. The highest BCUT2D eigenvalue weighted by Crippen LogP contribution is 2.17. The van der Waals surface area contributed by atoms with Crippen molar-refractivity contribution in [1.29, 1.82) is 0 Å². The van der Waals surface area contributed by atoms with Crippen molar-refractivity contribution >= 4 is 17.6 Å². The van der Waals surface area contributed by atoms with Crippen LogP contribution in [-0.2, 0) is 13.1 Å². The van der Waals surface area contributed by atoms with E-state index in [4.69, 9.17) is 21.1 Å². The Balaban J connectivity index is 1.94. The molecule has 4 nitrogen and oxygen atoms in total. The van der Waals surface area contributed by atoms with Gasteiger partial charge in [0.25, 0.3) is 0 Å². The minimum atomic E-state index is -1.01.